The number of nitrogens with zero attached hydrogens (tertiary/aromatic N) is 1. The van der Waals surface area contributed by atoms with Gasteiger partial charge in [0.1, 0.15) is 0 Å². The fourth-order valence-electron chi connectivity index (χ4n) is 2.53. The van der Waals surface area contributed by atoms with Crippen molar-refractivity contribution in [3.63, 3.8) is 0 Å². The van der Waals surface area contributed by atoms with Gasteiger partial charge in [-0.3, -0.25) is 4.79 Å². The van der Waals surface area contributed by atoms with Crippen molar-refractivity contribution in [1.29, 1.82) is 0 Å². The standard InChI is InChI=1S/C16H31NO2/c1-13(2)6-5-11-19-12-15-7-9-17(10-8-15)16(18)14(3)4/h13-15H,5-12H2,1-4H3. The molecule has 0 unspecified atom stereocenters. The molecule has 0 bridgehead atoms. The number of amides is 1. The van der Waals surface area contributed by atoms with Gasteiger partial charge in [0.2, 0.25) is 5.91 Å². The van der Waals surface area contributed by atoms with Gasteiger partial charge in [0.15, 0.2) is 0 Å². The van der Waals surface area contributed by atoms with Gasteiger partial charge in [-0.25, -0.2) is 0 Å². The Morgan fingerprint density at radius 1 is 1.21 bits per heavy atom. The maximum atomic E-state index is 11.9. The third-order valence-electron chi connectivity index (χ3n) is 3.84. The maximum Gasteiger partial charge on any atom is 0.225 e. The fraction of sp³-hybridized carbons (Fsp3) is 0.938. The summed E-state index contributed by atoms with van der Waals surface area (Å²) in [5.74, 6) is 1.85. The van der Waals surface area contributed by atoms with E-state index in [9.17, 15) is 4.79 Å². The van der Waals surface area contributed by atoms with Crippen LogP contribution < -0.4 is 0 Å². The number of rotatable bonds is 7. The van der Waals surface area contributed by atoms with Crippen molar-refractivity contribution in [3.8, 4) is 0 Å². The minimum absolute atomic E-state index is 0.129. The molecule has 1 rings (SSSR count). The molecule has 0 atom stereocenters. The Bertz CT molecular complexity index is 255. The number of carbonyl (C=O) groups is 1. The van der Waals surface area contributed by atoms with Gasteiger partial charge >= 0.3 is 0 Å². The average molecular weight is 269 g/mol. The molecule has 0 aromatic rings. The third-order valence-corrected chi connectivity index (χ3v) is 3.84. The zero-order valence-corrected chi connectivity index (χ0v) is 13.2. The fourth-order valence-corrected chi connectivity index (χ4v) is 2.53. The van der Waals surface area contributed by atoms with Crippen molar-refractivity contribution >= 4 is 5.91 Å². The van der Waals surface area contributed by atoms with E-state index in [2.05, 4.69) is 13.8 Å². The van der Waals surface area contributed by atoms with Gasteiger partial charge in [0, 0.05) is 32.2 Å². The van der Waals surface area contributed by atoms with Crippen LogP contribution >= 0.6 is 0 Å². The van der Waals surface area contributed by atoms with Gasteiger partial charge in [-0.2, -0.15) is 0 Å². The van der Waals surface area contributed by atoms with Crippen LogP contribution in [0.3, 0.4) is 0 Å². The Kier molecular flexibility index (Phi) is 7.44. The summed E-state index contributed by atoms with van der Waals surface area (Å²) < 4.78 is 5.76. The number of ether oxygens (including phenoxy) is 1. The summed E-state index contributed by atoms with van der Waals surface area (Å²) >= 11 is 0. The van der Waals surface area contributed by atoms with E-state index in [0.717, 1.165) is 45.1 Å². The maximum absolute atomic E-state index is 11.9. The first-order valence-corrected chi connectivity index (χ1v) is 7.87. The highest BCUT2D eigenvalue weighted by molar-refractivity contribution is 5.78. The summed E-state index contributed by atoms with van der Waals surface area (Å²) in [6, 6.07) is 0. The lowest BCUT2D eigenvalue weighted by molar-refractivity contribution is -0.136. The highest BCUT2D eigenvalue weighted by Gasteiger charge is 2.24. The second-order valence-electron chi connectivity index (χ2n) is 6.53. The Balaban J connectivity index is 2.08. The highest BCUT2D eigenvalue weighted by Crippen LogP contribution is 2.19. The van der Waals surface area contributed by atoms with E-state index < -0.39 is 0 Å². The number of likely N-dealkylation sites (tertiary alicyclic amines) is 1. The van der Waals surface area contributed by atoms with Crippen LogP contribution in [0.1, 0.15) is 53.4 Å². The Morgan fingerprint density at radius 2 is 1.84 bits per heavy atom. The van der Waals surface area contributed by atoms with E-state index in [1.165, 1.54) is 12.8 Å². The number of piperidine rings is 1. The largest absolute Gasteiger partial charge is 0.381 e. The second kappa shape index (κ2) is 8.57. The summed E-state index contributed by atoms with van der Waals surface area (Å²) in [5, 5.41) is 0. The Morgan fingerprint density at radius 3 is 2.37 bits per heavy atom. The molecule has 0 aromatic heterocycles. The molecule has 1 aliphatic heterocycles. The third kappa shape index (κ3) is 6.42. The van der Waals surface area contributed by atoms with E-state index in [-0.39, 0.29) is 5.92 Å². The van der Waals surface area contributed by atoms with E-state index in [0.29, 0.717) is 11.8 Å². The molecule has 1 aliphatic rings. The highest BCUT2D eigenvalue weighted by atomic mass is 16.5. The number of hydrogen-bond acceptors (Lipinski definition) is 2. The van der Waals surface area contributed by atoms with Crippen molar-refractivity contribution in [1.82, 2.24) is 4.90 Å². The quantitative estimate of drug-likeness (QED) is 0.663. The molecule has 3 nitrogen and oxygen atoms in total. The van der Waals surface area contributed by atoms with Crippen LogP contribution in [0.2, 0.25) is 0 Å². The molecule has 1 amide bonds. The van der Waals surface area contributed by atoms with Crippen molar-refractivity contribution in [2.45, 2.75) is 53.4 Å². The SMILES string of the molecule is CC(C)CCCOCC1CCN(C(=O)C(C)C)CC1. The van der Waals surface area contributed by atoms with Crippen molar-refractivity contribution in [2.75, 3.05) is 26.3 Å². The smallest absolute Gasteiger partial charge is 0.225 e. The predicted molar refractivity (Wildman–Crippen MR) is 79.0 cm³/mol. The molecule has 112 valence electrons. The van der Waals surface area contributed by atoms with Gasteiger partial charge in [-0.15, -0.1) is 0 Å². The molecule has 0 aromatic carbocycles. The summed E-state index contributed by atoms with van der Waals surface area (Å²) in [5.41, 5.74) is 0. The first kappa shape index (κ1) is 16.5. The molecule has 19 heavy (non-hydrogen) atoms. The normalized spacial score (nSPS) is 17.5. The second-order valence-corrected chi connectivity index (χ2v) is 6.53. The average Bonchev–Trinajstić information content (AvgIpc) is 2.37. The van der Waals surface area contributed by atoms with E-state index in [1.807, 2.05) is 18.7 Å². The van der Waals surface area contributed by atoms with Crippen LogP contribution in [-0.2, 0) is 9.53 Å². The van der Waals surface area contributed by atoms with Crippen molar-refractivity contribution in [3.05, 3.63) is 0 Å². The number of carbonyl (C=O) groups excluding carboxylic acids is 1. The van der Waals surface area contributed by atoms with Gasteiger partial charge in [-0.1, -0.05) is 27.7 Å². The number of hydrogen-bond donors (Lipinski definition) is 0. The lowest BCUT2D eigenvalue weighted by Gasteiger charge is -2.33. The molecule has 3 heteroatoms. The summed E-state index contributed by atoms with van der Waals surface area (Å²) in [7, 11) is 0. The first-order valence-electron chi connectivity index (χ1n) is 7.87. The van der Waals surface area contributed by atoms with Crippen LogP contribution in [-0.4, -0.2) is 37.1 Å². The molecular weight excluding hydrogens is 238 g/mol. The summed E-state index contributed by atoms with van der Waals surface area (Å²) in [6.45, 7) is 12.1. The lowest BCUT2D eigenvalue weighted by atomic mass is 9.97. The van der Waals surface area contributed by atoms with Gasteiger partial charge in [0.05, 0.1) is 0 Å². The van der Waals surface area contributed by atoms with Crippen LogP contribution in [0, 0.1) is 17.8 Å². The minimum atomic E-state index is 0.129. The van der Waals surface area contributed by atoms with Gasteiger partial charge < -0.3 is 9.64 Å². The van der Waals surface area contributed by atoms with E-state index >= 15 is 0 Å². The van der Waals surface area contributed by atoms with E-state index in [1.54, 1.807) is 0 Å². The van der Waals surface area contributed by atoms with Gasteiger partial charge in [-0.05, 0) is 37.5 Å². The van der Waals surface area contributed by atoms with Crippen LogP contribution in [0.15, 0.2) is 0 Å². The summed E-state index contributed by atoms with van der Waals surface area (Å²) in [6.07, 6.45) is 4.62. The molecule has 0 spiro atoms. The first-order chi connectivity index (χ1) is 9.00. The topological polar surface area (TPSA) is 29.5 Å². The molecular formula is C16H31NO2. The molecule has 0 radical (unpaired) electrons. The molecule has 0 saturated carbocycles. The van der Waals surface area contributed by atoms with Crippen molar-refractivity contribution in [2.24, 2.45) is 17.8 Å². The van der Waals surface area contributed by atoms with Crippen molar-refractivity contribution < 1.29 is 9.53 Å². The lowest BCUT2D eigenvalue weighted by Crippen LogP contribution is -2.41. The zero-order valence-electron chi connectivity index (χ0n) is 13.2. The van der Waals surface area contributed by atoms with E-state index in [4.69, 9.17) is 4.74 Å². The zero-order chi connectivity index (χ0) is 14.3. The molecule has 1 fully saturated rings. The predicted octanol–water partition coefficient (Wildman–Crippen LogP) is 3.33. The molecule has 0 N–H and O–H groups in total. The minimum Gasteiger partial charge on any atom is -0.381 e. The molecule has 1 heterocycles. The monoisotopic (exact) mass is 269 g/mol. The molecule has 1 saturated heterocycles. The van der Waals surface area contributed by atoms with Gasteiger partial charge in [0.25, 0.3) is 0 Å². The Labute approximate surface area is 118 Å². The van der Waals surface area contributed by atoms with Crippen LogP contribution in [0.4, 0.5) is 0 Å². The van der Waals surface area contributed by atoms with Crippen LogP contribution in [0.25, 0.3) is 0 Å². The summed E-state index contributed by atoms with van der Waals surface area (Å²) in [4.78, 5) is 13.9. The Hall–Kier alpha value is -0.570. The van der Waals surface area contributed by atoms with Crippen LogP contribution in [0.5, 0.6) is 0 Å². The molecule has 0 aliphatic carbocycles.